The van der Waals surface area contributed by atoms with Gasteiger partial charge in [-0.15, -0.1) is 0 Å². The van der Waals surface area contributed by atoms with Crippen LogP contribution in [-0.4, -0.2) is 6.29 Å². The molecule has 1 aliphatic carbocycles. The molecule has 1 heteroatoms. The Morgan fingerprint density at radius 2 is 1.43 bits per heavy atom. The van der Waals surface area contributed by atoms with Crippen LogP contribution in [0.1, 0.15) is 64.2 Å². The summed E-state index contributed by atoms with van der Waals surface area (Å²) in [6.07, 6.45) is 15.9. The Morgan fingerprint density at radius 1 is 0.857 bits per heavy atom. The molecule has 0 aromatic carbocycles. The van der Waals surface area contributed by atoms with E-state index in [1.165, 1.54) is 51.4 Å². The molecule has 0 atom stereocenters. The molecule has 0 amide bonds. The van der Waals surface area contributed by atoms with Crippen molar-refractivity contribution >= 4 is 6.29 Å². The second-order valence-corrected chi connectivity index (χ2v) is 4.26. The molecule has 0 saturated heterocycles. The van der Waals surface area contributed by atoms with E-state index in [0.29, 0.717) is 0 Å². The molecule has 0 radical (unpaired) electrons. The van der Waals surface area contributed by atoms with Crippen LogP contribution in [-0.2, 0) is 4.79 Å². The summed E-state index contributed by atoms with van der Waals surface area (Å²) in [6, 6.07) is 0. The third-order valence-electron chi connectivity index (χ3n) is 2.98. The van der Waals surface area contributed by atoms with Crippen LogP contribution in [0.5, 0.6) is 0 Å². The maximum atomic E-state index is 10.7. The lowest BCUT2D eigenvalue weighted by Gasteiger charge is -2.05. The van der Waals surface area contributed by atoms with Crippen LogP contribution in [0.3, 0.4) is 0 Å². The molecule has 0 aromatic heterocycles. The van der Waals surface area contributed by atoms with Crippen LogP contribution >= 0.6 is 0 Å². The summed E-state index contributed by atoms with van der Waals surface area (Å²) in [6.45, 7) is 0. The van der Waals surface area contributed by atoms with Gasteiger partial charge >= 0.3 is 0 Å². The number of rotatable bonds is 1. The summed E-state index contributed by atoms with van der Waals surface area (Å²) in [5.41, 5.74) is 1.03. The normalized spacial score (nSPS) is 21.6. The highest BCUT2D eigenvalue weighted by Crippen LogP contribution is 2.15. The number of allylic oxidation sites excluding steroid dienone is 2. The van der Waals surface area contributed by atoms with E-state index in [1.807, 2.05) is 0 Å². The molecule has 0 aromatic rings. The first-order chi connectivity index (χ1) is 6.93. The monoisotopic (exact) mass is 194 g/mol. The first-order valence-corrected chi connectivity index (χ1v) is 6.07. The third-order valence-corrected chi connectivity index (χ3v) is 2.98. The molecule has 80 valence electrons. The molecule has 0 N–H and O–H groups in total. The Kier molecular flexibility index (Phi) is 6.38. The molecule has 1 aliphatic rings. The maximum absolute atomic E-state index is 10.7. The molecular weight excluding hydrogens is 172 g/mol. The molecule has 0 unspecified atom stereocenters. The number of hydrogen-bond donors (Lipinski definition) is 0. The van der Waals surface area contributed by atoms with Gasteiger partial charge in [0.2, 0.25) is 0 Å². The van der Waals surface area contributed by atoms with Gasteiger partial charge in [0.15, 0.2) is 0 Å². The summed E-state index contributed by atoms with van der Waals surface area (Å²) in [7, 11) is 0. The van der Waals surface area contributed by atoms with Crippen molar-refractivity contribution in [3.8, 4) is 0 Å². The Balaban J connectivity index is 2.33. The molecule has 1 rings (SSSR count). The van der Waals surface area contributed by atoms with Crippen molar-refractivity contribution in [2.45, 2.75) is 64.2 Å². The lowest BCUT2D eigenvalue weighted by atomic mass is 10.0. The van der Waals surface area contributed by atoms with Crippen molar-refractivity contribution < 1.29 is 4.79 Å². The molecule has 0 saturated carbocycles. The summed E-state index contributed by atoms with van der Waals surface area (Å²) >= 11 is 0. The number of hydrogen-bond acceptors (Lipinski definition) is 1. The molecule has 14 heavy (non-hydrogen) atoms. The Labute approximate surface area is 87.6 Å². The van der Waals surface area contributed by atoms with Crippen molar-refractivity contribution in [3.63, 3.8) is 0 Å². The largest absolute Gasteiger partial charge is 0.298 e. The molecule has 0 aliphatic heterocycles. The van der Waals surface area contributed by atoms with E-state index in [2.05, 4.69) is 6.08 Å². The van der Waals surface area contributed by atoms with Crippen LogP contribution < -0.4 is 0 Å². The van der Waals surface area contributed by atoms with Gasteiger partial charge in [-0.25, -0.2) is 0 Å². The second kappa shape index (κ2) is 7.78. The van der Waals surface area contributed by atoms with Crippen molar-refractivity contribution in [2.24, 2.45) is 0 Å². The van der Waals surface area contributed by atoms with Gasteiger partial charge in [0.05, 0.1) is 0 Å². The SMILES string of the molecule is O=CC1=CCCCCCCCCCC1. The van der Waals surface area contributed by atoms with Crippen molar-refractivity contribution in [1.82, 2.24) is 0 Å². The van der Waals surface area contributed by atoms with E-state index in [0.717, 1.165) is 24.7 Å². The highest BCUT2D eigenvalue weighted by molar-refractivity contribution is 5.72. The third kappa shape index (κ3) is 5.21. The number of aldehydes is 1. The summed E-state index contributed by atoms with van der Waals surface area (Å²) in [5.74, 6) is 0. The van der Waals surface area contributed by atoms with Crippen LogP contribution in [0.25, 0.3) is 0 Å². The van der Waals surface area contributed by atoms with Gasteiger partial charge < -0.3 is 0 Å². The van der Waals surface area contributed by atoms with Gasteiger partial charge in [-0.2, -0.15) is 0 Å². The fourth-order valence-electron chi connectivity index (χ4n) is 2.03. The summed E-state index contributed by atoms with van der Waals surface area (Å²) in [4.78, 5) is 10.7. The lowest BCUT2D eigenvalue weighted by molar-refractivity contribution is -0.105. The van der Waals surface area contributed by atoms with Gasteiger partial charge in [0, 0.05) is 0 Å². The fraction of sp³-hybridized carbons (Fsp3) is 0.769. The van der Waals surface area contributed by atoms with Crippen molar-refractivity contribution in [3.05, 3.63) is 11.6 Å². The minimum Gasteiger partial charge on any atom is -0.298 e. The average molecular weight is 194 g/mol. The van der Waals surface area contributed by atoms with Gasteiger partial charge in [-0.3, -0.25) is 4.79 Å². The van der Waals surface area contributed by atoms with Crippen LogP contribution in [0.4, 0.5) is 0 Å². The van der Waals surface area contributed by atoms with E-state index >= 15 is 0 Å². The predicted octanol–water partition coefficient (Wildman–Crippen LogP) is 4.03. The van der Waals surface area contributed by atoms with E-state index in [1.54, 1.807) is 0 Å². The molecule has 0 bridgehead atoms. The standard InChI is InChI=1S/C13H22O/c14-12-13-10-8-6-4-2-1-3-5-7-9-11-13/h10,12H,1-9,11H2. The van der Waals surface area contributed by atoms with Crippen molar-refractivity contribution in [2.75, 3.05) is 0 Å². The quantitative estimate of drug-likeness (QED) is 0.576. The van der Waals surface area contributed by atoms with Gasteiger partial charge in [-0.05, 0) is 31.3 Å². The zero-order chi connectivity index (χ0) is 10.1. The molecule has 0 spiro atoms. The summed E-state index contributed by atoms with van der Waals surface area (Å²) in [5, 5.41) is 0. The zero-order valence-corrected chi connectivity index (χ0v) is 9.13. The van der Waals surface area contributed by atoms with Gasteiger partial charge in [0.1, 0.15) is 6.29 Å². The Bertz CT molecular complexity index is 182. The minimum absolute atomic E-state index is 1.00. The Hall–Kier alpha value is -0.590. The predicted molar refractivity (Wildman–Crippen MR) is 60.3 cm³/mol. The lowest BCUT2D eigenvalue weighted by Crippen LogP contribution is -1.89. The maximum Gasteiger partial charge on any atom is 0.145 e. The van der Waals surface area contributed by atoms with E-state index in [9.17, 15) is 4.79 Å². The van der Waals surface area contributed by atoms with E-state index in [4.69, 9.17) is 0 Å². The minimum atomic E-state index is 1.00. The highest BCUT2D eigenvalue weighted by Gasteiger charge is 1.98. The zero-order valence-electron chi connectivity index (χ0n) is 9.13. The highest BCUT2D eigenvalue weighted by atomic mass is 16.1. The fourth-order valence-corrected chi connectivity index (χ4v) is 2.03. The van der Waals surface area contributed by atoms with Crippen molar-refractivity contribution in [1.29, 1.82) is 0 Å². The first-order valence-electron chi connectivity index (χ1n) is 6.07. The summed E-state index contributed by atoms with van der Waals surface area (Å²) < 4.78 is 0. The number of carbonyl (C=O) groups is 1. The molecule has 0 fully saturated rings. The number of carbonyl (C=O) groups excluding carboxylic acids is 1. The van der Waals surface area contributed by atoms with Gasteiger partial charge in [-0.1, -0.05) is 44.6 Å². The molecule has 0 heterocycles. The van der Waals surface area contributed by atoms with Crippen LogP contribution in [0.2, 0.25) is 0 Å². The van der Waals surface area contributed by atoms with Gasteiger partial charge in [0.25, 0.3) is 0 Å². The Morgan fingerprint density at radius 3 is 2.07 bits per heavy atom. The average Bonchev–Trinajstić information content (AvgIpc) is 2.19. The van der Waals surface area contributed by atoms with Crippen LogP contribution in [0.15, 0.2) is 11.6 Å². The van der Waals surface area contributed by atoms with E-state index < -0.39 is 0 Å². The topological polar surface area (TPSA) is 17.1 Å². The first kappa shape index (κ1) is 11.5. The van der Waals surface area contributed by atoms with E-state index in [-0.39, 0.29) is 0 Å². The second-order valence-electron chi connectivity index (χ2n) is 4.26. The molecular formula is C13H22O. The van der Waals surface area contributed by atoms with Crippen LogP contribution in [0, 0.1) is 0 Å². The smallest absolute Gasteiger partial charge is 0.145 e. The molecule has 1 nitrogen and oxygen atoms in total.